The number of benzene rings is 4. The van der Waals surface area contributed by atoms with Crippen molar-refractivity contribution >= 4 is 51.7 Å². The smallest absolute Gasteiger partial charge is 0.337 e. The molecule has 282 valence electrons. The zero-order valence-electron chi connectivity index (χ0n) is 33.0. The van der Waals surface area contributed by atoms with E-state index in [9.17, 15) is 4.79 Å². The monoisotopic (exact) mass is 766 g/mol. The molecule has 0 N–H and O–H groups in total. The van der Waals surface area contributed by atoms with Crippen LogP contribution in [-0.4, -0.2) is 61.6 Å². The first kappa shape index (κ1) is 39.5. The molecule has 2 aliphatic heterocycles. The standard InChI is InChI=1S/C44H58O6Si3/c1-10-51(11-2,12-3)50-42-40(49-53(44(7,8)9,35-29-21-15-22-30-35)36-31-23-16-24-32-36)38-37(47-42)39(41(45)46-38)48-52(43(4,5)6,33-25-17-13-18-26-33)34-27-19-14-20-28-34/h13-32,37-40,42H,10-12H2,1-9H3/t37-,38-,39-,40-,42+/m1/s1. The molecule has 2 heterocycles. The minimum Gasteiger partial charge on any atom is -0.455 e. The summed E-state index contributed by atoms with van der Waals surface area (Å²) in [7, 11) is -8.51. The van der Waals surface area contributed by atoms with Crippen LogP contribution >= 0.6 is 0 Å². The van der Waals surface area contributed by atoms with Gasteiger partial charge in [0.1, 0.15) is 12.2 Å². The second kappa shape index (κ2) is 15.5. The van der Waals surface area contributed by atoms with E-state index in [0.717, 1.165) is 38.9 Å². The van der Waals surface area contributed by atoms with Gasteiger partial charge in [-0.1, -0.05) is 184 Å². The third kappa shape index (κ3) is 7.10. The summed E-state index contributed by atoms with van der Waals surface area (Å²) in [5, 5.41) is 3.83. The number of rotatable bonds is 13. The number of fused-ring (bicyclic) bond motifs is 1. The van der Waals surface area contributed by atoms with Gasteiger partial charge in [0, 0.05) is 0 Å². The molecule has 4 aromatic carbocycles. The van der Waals surface area contributed by atoms with Gasteiger partial charge in [-0.3, -0.25) is 0 Å². The highest BCUT2D eigenvalue weighted by Crippen LogP contribution is 2.46. The van der Waals surface area contributed by atoms with Gasteiger partial charge in [0.25, 0.3) is 16.6 Å². The van der Waals surface area contributed by atoms with Crippen molar-refractivity contribution in [1.82, 2.24) is 0 Å². The topological polar surface area (TPSA) is 63.2 Å². The van der Waals surface area contributed by atoms with Crippen molar-refractivity contribution in [3.8, 4) is 0 Å². The molecule has 9 heteroatoms. The van der Waals surface area contributed by atoms with Crippen molar-refractivity contribution in [2.45, 2.75) is 121 Å². The van der Waals surface area contributed by atoms with Gasteiger partial charge in [-0.15, -0.1) is 0 Å². The van der Waals surface area contributed by atoms with Crippen molar-refractivity contribution in [2.24, 2.45) is 0 Å². The van der Waals surface area contributed by atoms with Gasteiger partial charge in [-0.2, -0.15) is 0 Å². The maximum Gasteiger partial charge on any atom is 0.337 e. The van der Waals surface area contributed by atoms with Crippen LogP contribution in [0.15, 0.2) is 121 Å². The van der Waals surface area contributed by atoms with Gasteiger partial charge in [0.05, 0.1) is 0 Å². The summed E-state index contributed by atoms with van der Waals surface area (Å²) in [5.74, 6) is -0.410. The molecule has 4 aromatic rings. The van der Waals surface area contributed by atoms with E-state index in [2.05, 4.69) is 159 Å². The van der Waals surface area contributed by atoms with Crippen LogP contribution in [0, 0.1) is 0 Å². The zero-order chi connectivity index (χ0) is 38.1. The minimum atomic E-state index is -3.15. The number of hydrogen-bond donors (Lipinski definition) is 0. The van der Waals surface area contributed by atoms with Crippen molar-refractivity contribution in [1.29, 1.82) is 0 Å². The lowest BCUT2D eigenvalue weighted by atomic mass is 10.1. The lowest BCUT2D eigenvalue weighted by Gasteiger charge is -2.46. The fraction of sp³-hybridized carbons (Fsp3) is 0.432. The molecule has 2 fully saturated rings. The van der Waals surface area contributed by atoms with E-state index in [1.807, 2.05) is 24.3 Å². The van der Waals surface area contributed by atoms with Crippen LogP contribution in [0.3, 0.4) is 0 Å². The number of carbonyl (C=O) groups is 1. The summed E-state index contributed by atoms with van der Waals surface area (Å²) >= 11 is 0. The lowest BCUT2D eigenvalue weighted by molar-refractivity contribution is -0.161. The molecule has 0 saturated carbocycles. The molecule has 0 spiro atoms. The van der Waals surface area contributed by atoms with Crippen molar-refractivity contribution in [3.05, 3.63) is 121 Å². The van der Waals surface area contributed by atoms with Crippen molar-refractivity contribution in [2.75, 3.05) is 0 Å². The van der Waals surface area contributed by atoms with Crippen LogP contribution in [-0.2, 0) is 27.5 Å². The zero-order valence-corrected chi connectivity index (χ0v) is 36.0. The van der Waals surface area contributed by atoms with Gasteiger partial charge in [0.2, 0.25) is 0 Å². The second-order valence-electron chi connectivity index (χ2n) is 16.7. The molecule has 6 rings (SSSR count). The van der Waals surface area contributed by atoms with Gasteiger partial charge >= 0.3 is 5.97 Å². The van der Waals surface area contributed by atoms with Crippen LogP contribution in [0.2, 0.25) is 28.2 Å². The number of carbonyl (C=O) groups excluding carboxylic acids is 1. The first-order valence-corrected chi connectivity index (χ1v) is 25.7. The highest BCUT2D eigenvalue weighted by atomic mass is 28.4. The van der Waals surface area contributed by atoms with Gasteiger partial charge < -0.3 is 22.8 Å². The van der Waals surface area contributed by atoms with Gasteiger partial charge in [-0.05, 0) is 49.0 Å². The molecule has 0 aromatic heterocycles. The molecule has 0 bridgehead atoms. The van der Waals surface area contributed by atoms with Crippen LogP contribution in [0.1, 0.15) is 62.3 Å². The minimum absolute atomic E-state index is 0.305. The average molecular weight is 767 g/mol. The van der Waals surface area contributed by atoms with E-state index in [4.69, 9.17) is 22.8 Å². The van der Waals surface area contributed by atoms with E-state index in [-0.39, 0.29) is 10.1 Å². The highest BCUT2D eigenvalue weighted by molar-refractivity contribution is 7.00. The van der Waals surface area contributed by atoms with Crippen LogP contribution in [0.5, 0.6) is 0 Å². The van der Waals surface area contributed by atoms with E-state index in [0.29, 0.717) is 0 Å². The SMILES string of the molecule is CC[Si](CC)(CC)O[C@@H]1O[C@@H]2[C@@H](OC(=O)[C@@H]2O[Si](c2ccccc2)(c2ccccc2)C(C)(C)C)[C@H]1O[Si](c1ccccc1)(c1ccccc1)C(C)(C)C. The summed E-state index contributed by atoms with van der Waals surface area (Å²) in [4.78, 5) is 14.4. The Bertz CT molecular complexity index is 1700. The molecule has 2 aliphatic rings. The Labute approximate surface area is 320 Å². The van der Waals surface area contributed by atoms with E-state index < -0.39 is 61.6 Å². The maximum atomic E-state index is 14.4. The van der Waals surface area contributed by atoms with E-state index >= 15 is 0 Å². The predicted octanol–water partition coefficient (Wildman–Crippen LogP) is 7.55. The van der Waals surface area contributed by atoms with Crippen molar-refractivity contribution in [3.63, 3.8) is 0 Å². The molecule has 0 unspecified atom stereocenters. The van der Waals surface area contributed by atoms with Crippen LogP contribution in [0.4, 0.5) is 0 Å². The second-order valence-corrected chi connectivity index (χ2v) is 29.9. The lowest BCUT2D eigenvalue weighted by Crippen LogP contribution is -2.69. The molecule has 2 saturated heterocycles. The quantitative estimate of drug-likeness (QED) is 0.104. The summed E-state index contributed by atoms with van der Waals surface area (Å²) < 4.78 is 36.1. The third-order valence-corrected chi connectivity index (χ3v) is 26.4. The van der Waals surface area contributed by atoms with Crippen molar-refractivity contribution < 1.29 is 27.5 Å². The first-order chi connectivity index (χ1) is 25.3. The highest BCUT2D eigenvalue weighted by Gasteiger charge is 2.65. The predicted molar refractivity (Wildman–Crippen MR) is 222 cm³/mol. The summed E-state index contributed by atoms with van der Waals surface area (Å²) in [5.41, 5.74) is 0. The fourth-order valence-corrected chi connectivity index (χ4v) is 20.7. The Kier molecular flexibility index (Phi) is 11.6. The first-order valence-electron chi connectivity index (χ1n) is 19.4. The Morgan fingerprint density at radius 3 is 1.23 bits per heavy atom. The van der Waals surface area contributed by atoms with Gasteiger partial charge in [0.15, 0.2) is 26.8 Å². The maximum absolute atomic E-state index is 14.4. The number of ether oxygens (including phenoxy) is 2. The normalized spacial score (nSPS) is 22.4. The summed E-state index contributed by atoms with van der Waals surface area (Å²) in [6.45, 7) is 20.1. The molecule has 0 radical (unpaired) electrons. The van der Waals surface area contributed by atoms with E-state index in [1.54, 1.807) is 0 Å². The summed E-state index contributed by atoms with van der Waals surface area (Å²) in [6, 6.07) is 44.9. The van der Waals surface area contributed by atoms with Crippen LogP contribution < -0.4 is 20.7 Å². The molecule has 5 atom stereocenters. The number of esters is 1. The average Bonchev–Trinajstić information content (AvgIpc) is 3.64. The fourth-order valence-electron chi connectivity index (χ4n) is 8.72. The molecule has 0 aliphatic carbocycles. The number of hydrogen-bond acceptors (Lipinski definition) is 6. The Morgan fingerprint density at radius 2 is 0.887 bits per heavy atom. The third-order valence-electron chi connectivity index (χ3n) is 11.7. The molecular weight excluding hydrogens is 709 g/mol. The molecule has 0 amide bonds. The molecule has 6 nitrogen and oxygen atoms in total. The van der Waals surface area contributed by atoms with Gasteiger partial charge in [-0.25, -0.2) is 4.79 Å². The molecular formula is C44H58O6Si3. The summed E-state index contributed by atoms with van der Waals surface area (Å²) in [6.07, 6.45) is -3.79. The van der Waals surface area contributed by atoms with E-state index in [1.165, 1.54) is 0 Å². The molecule has 53 heavy (non-hydrogen) atoms. The largest absolute Gasteiger partial charge is 0.455 e. The van der Waals surface area contributed by atoms with Crippen LogP contribution in [0.25, 0.3) is 0 Å². The Hall–Kier alpha value is -3.16. The Morgan fingerprint density at radius 1 is 0.528 bits per heavy atom. The Balaban J connectivity index is 1.50.